The van der Waals surface area contributed by atoms with Crippen LogP contribution in [0.25, 0.3) is 10.8 Å². The van der Waals surface area contributed by atoms with E-state index in [0.717, 1.165) is 5.75 Å². The largest absolute Gasteiger partial charge is 0.491 e. The van der Waals surface area contributed by atoms with Gasteiger partial charge in [0.05, 0.1) is 6.61 Å². The second-order valence-electron chi connectivity index (χ2n) is 5.77. The Kier molecular flexibility index (Phi) is 3.40. The Bertz CT molecular complexity index is 619. The van der Waals surface area contributed by atoms with Gasteiger partial charge < -0.3 is 14.2 Å². The molecule has 0 spiro atoms. The van der Waals surface area contributed by atoms with Gasteiger partial charge in [0.1, 0.15) is 18.5 Å². The predicted molar refractivity (Wildman–Crippen MR) is 79.1 cm³/mol. The summed E-state index contributed by atoms with van der Waals surface area (Å²) in [5.41, 5.74) is 1.27. The topological polar surface area (TPSA) is 27.7 Å². The molecule has 20 heavy (non-hydrogen) atoms. The molecule has 3 nitrogen and oxygen atoms in total. The standard InChI is InChI=1S/C17H20O3/c1-12-4-5-14-9-15(7-6-13(14)8-12)18-10-16-11-19-17(2,3)20-16/h4-9,16H,10-11H2,1-3H3/t16-/m1/s1. The van der Waals surface area contributed by atoms with Crippen LogP contribution in [0.1, 0.15) is 19.4 Å². The molecule has 0 N–H and O–H groups in total. The van der Waals surface area contributed by atoms with Gasteiger partial charge >= 0.3 is 0 Å². The quantitative estimate of drug-likeness (QED) is 0.853. The van der Waals surface area contributed by atoms with E-state index in [1.54, 1.807) is 0 Å². The molecule has 0 amide bonds. The third kappa shape index (κ3) is 2.94. The van der Waals surface area contributed by atoms with Crippen LogP contribution < -0.4 is 4.74 Å². The molecule has 0 aromatic heterocycles. The zero-order valence-corrected chi connectivity index (χ0v) is 12.2. The van der Waals surface area contributed by atoms with Gasteiger partial charge in [-0.2, -0.15) is 0 Å². The molecule has 1 fully saturated rings. The molecule has 3 rings (SSSR count). The highest BCUT2D eigenvalue weighted by molar-refractivity contribution is 5.84. The van der Waals surface area contributed by atoms with E-state index in [0.29, 0.717) is 13.2 Å². The normalized spacial score (nSPS) is 21.2. The smallest absolute Gasteiger partial charge is 0.163 e. The van der Waals surface area contributed by atoms with Gasteiger partial charge in [0.2, 0.25) is 0 Å². The van der Waals surface area contributed by atoms with E-state index < -0.39 is 5.79 Å². The lowest BCUT2D eigenvalue weighted by Gasteiger charge is -2.17. The van der Waals surface area contributed by atoms with E-state index in [9.17, 15) is 0 Å². The van der Waals surface area contributed by atoms with Crippen molar-refractivity contribution in [3.05, 3.63) is 42.0 Å². The van der Waals surface area contributed by atoms with Gasteiger partial charge in [0.15, 0.2) is 5.79 Å². The number of aryl methyl sites for hydroxylation is 1. The van der Waals surface area contributed by atoms with Gasteiger partial charge in [-0.1, -0.05) is 29.8 Å². The minimum absolute atomic E-state index is 0.00119. The summed E-state index contributed by atoms with van der Waals surface area (Å²) in [4.78, 5) is 0. The van der Waals surface area contributed by atoms with Crippen molar-refractivity contribution >= 4 is 10.8 Å². The van der Waals surface area contributed by atoms with Crippen molar-refractivity contribution in [1.29, 1.82) is 0 Å². The van der Waals surface area contributed by atoms with Crippen LogP contribution in [0.15, 0.2) is 36.4 Å². The highest BCUT2D eigenvalue weighted by Crippen LogP contribution is 2.25. The number of fused-ring (bicyclic) bond motifs is 1. The molecule has 1 saturated heterocycles. The number of rotatable bonds is 3. The summed E-state index contributed by atoms with van der Waals surface area (Å²) >= 11 is 0. The van der Waals surface area contributed by atoms with Crippen molar-refractivity contribution in [3.63, 3.8) is 0 Å². The first-order valence-corrected chi connectivity index (χ1v) is 6.97. The zero-order valence-electron chi connectivity index (χ0n) is 12.2. The lowest BCUT2D eigenvalue weighted by atomic mass is 10.1. The Labute approximate surface area is 119 Å². The van der Waals surface area contributed by atoms with E-state index in [1.165, 1.54) is 16.3 Å². The Morgan fingerprint density at radius 3 is 2.65 bits per heavy atom. The number of ether oxygens (including phenoxy) is 3. The summed E-state index contributed by atoms with van der Waals surface area (Å²) < 4.78 is 17.1. The molecule has 0 saturated carbocycles. The molecule has 0 radical (unpaired) electrons. The summed E-state index contributed by atoms with van der Waals surface area (Å²) in [6.45, 7) is 7.04. The molecule has 1 atom stereocenters. The minimum atomic E-state index is -0.491. The Balaban J connectivity index is 1.67. The maximum absolute atomic E-state index is 5.82. The summed E-state index contributed by atoms with van der Waals surface area (Å²) in [7, 11) is 0. The van der Waals surface area contributed by atoms with E-state index >= 15 is 0 Å². The first-order valence-electron chi connectivity index (χ1n) is 6.97. The van der Waals surface area contributed by atoms with Crippen molar-refractivity contribution in [2.24, 2.45) is 0 Å². The molecule has 1 heterocycles. The highest BCUT2D eigenvalue weighted by atomic mass is 16.7. The van der Waals surface area contributed by atoms with E-state index in [4.69, 9.17) is 14.2 Å². The van der Waals surface area contributed by atoms with E-state index in [2.05, 4.69) is 37.3 Å². The van der Waals surface area contributed by atoms with Crippen molar-refractivity contribution in [2.45, 2.75) is 32.7 Å². The van der Waals surface area contributed by atoms with Gasteiger partial charge in [-0.25, -0.2) is 0 Å². The minimum Gasteiger partial charge on any atom is -0.491 e. The summed E-state index contributed by atoms with van der Waals surface area (Å²) in [5.74, 6) is 0.379. The van der Waals surface area contributed by atoms with Crippen molar-refractivity contribution in [3.8, 4) is 5.75 Å². The van der Waals surface area contributed by atoms with Gasteiger partial charge in [0, 0.05) is 0 Å². The first kappa shape index (κ1) is 13.4. The molecule has 106 valence electrons. The first-order chi connectivity index (χ1) is 9.52. The Morgan fingerprint density at radius 2 is 1.90 bits per heavy atom. The van der Waals surface area contributed by atoms with Crippen LogP contribution in [0, 0.1) is 6.92 Å². The lowest BCUT2D eigenvalue weighted by Crippen LogP contribution is -2.25. The average molecular weight is 272 g/mol. The van der Waals surface area contributed by atoms with Crippen LogP contribution >= 0.6 is 0 Å². The van der Waals surface area contributed by atoms with Gasteiger partial charge in [-0.3, -0.25) is 0 Å². The monoisotopic (exact) mass is 272 g/mol. The van der Waals surface area contributed by atoms with E-state index in [-0.39, 0.29) is 6.10 Å². The fourth-order valence-electron chi connectivity index (χ4n) is 2.47. The number of benzene rings is 2. The molecular weight excluding hydrogens is 252 g/mol. The molecule has 0 aliphatic carbocycles. The molecule has 1 aliphatic heterocycles. The lowest BCUT2D eigenvalue weighted by molar-refractivity contribution is -0.141. The molecular formula is C17H20O3. The fraction of sp³-hybridized carbons (Fsp3) is 0.412. The predicted octanol–water partition coefficient (Wildman–Crippen LogP) is 3.68. The van der Waals surface area contributed by atoms with Crippen LogP contribution in [0.3, 0.4) is 0 Å². The fourth-order valence-corrected chi connectivity index (χ4v) is 2.47. The van der Waals surface area contributed by atoms with Gasteiger partial charge in [-0.15, -0.1) is 0 Å². The third-order valence-electron chi connectivity index (χ3n) is 3.47. The highest BCUT2D eigenvalue weighted by Gasteiger charge is 2.32. The Morgan fingerprint density at radius 1 is 1.15 bits per heavy atom. The average Bonchev–Trinajstić information content (AvgIpc) is 2.76. The molecule has 1 aliphatic rings. The summed E-state index contributed by atoms with van der Waals surface area (Å²) in [6.07, 6.45) is -0.00119. The van der Waals surface area contributed by atoms with Crippen LogP contribution in [-0.4, -0.2) is 25.1 Å². The van der Waals surface area contributed by atoms with Crippen LogP contribution in [-0.2, 0) is 9.47 Å². The van der Waals surface area contributed by atoms with Crippen LogP contribution in [0.5, 0.6) is 5.75 Å². The summed E-state index contributed by atoms with van der Waals surface area (Å²) in [6, 6.07) is 12.6. The summed E-state index contributed by atoms with van der Waals surface area (Å²) in [5, 5.41) is 2.43. The molecule has 2 aromatic carbocycles. The van der Waals surface area contributed by atoms with Crippen molar-refractivity contribution in [1.82, 2.24) is 0 Å². The zero-order chi connectivity index (χ0) is 14.2. The third-order valence-corrected chi connectivity index (χ3v) is 3.47. The van der Waals surface area contributed by atoms with Crippen LogP contribution in [0.2, 0.25) is 0 Å². The molecule has 2 aromatic rings. The Hall–Kier alpha value is -1.58. The molecule has 3 heteroatoms. The van der Waals surface area contributed by atoms with E-state index in [1.807, 2.05) is 19.9 Å². The van der Waals surface area contributed by atoms with Crippen molar-refractivity contribution in [2.75, 3.05) is 13.2 Å². The van der Waals surface area contributed by atoms with Crippen molar-refractivity contribution < 1.29 is 14.2 Å². The van der Waals surface area contributed by atoms with Gasteiger partial charge in [0.25, 0.3) is 0 Å². The second-order valence-corrected chi connectivity index (χ2v) is 5.77. The van der Waals surface area contributed by atoms with Gasteiger partial charge in [-0.05, 0) is 43.7 Å². The molecule has 0 bridgehead atoms. The number of hydrogen-bond donors (Lipinski definition) is 0. The number of hydrogen-bond acceptors (Lipinski definition) is 3. The second kappa shape index (κ2) is 5.08. The maximum Gasteiger partial charge on any atom is 0.163 e. The molecule has 0 unspecified atom stereocenters. The van der Waals surface area contributed by atoms with Crippen LogP contribution in [0.4, 0.5) is 0 Å². The maximum atomic E-state index is 5.82. The SMILES string of the molecule is Cc1ccc2cc(OC[C@@H]3COC(C)(C)O3)ccc2c1.